The summed E-state index contributed by atoms with van der Waals surface area (Å²) >= 11 is 0. The lowest BCUT2D eigenvalue weighted by Crippen LogP contribution is -2.24. The van der Waals surface area contributed by atoms with Gasteiger partial charge in [0.15, 0.2) is 11.5 Å². The van der Waals surface area contributed by atoms with Crippen LogP contribution in [-0.4, -0.2) is 43.1 Å². The Kier molecular flexibility index (Phi) is 4.19. The van der Waals surface area contributed by atoms with Gasteiger partial charge >= 0.3 is 0 Å². The summed E-state index contributed by atoms with van der Waals surface area (Å²) in [5.41, 5.74) is 0.777. The molecule has 17 heavy (non-hydrogen) atoms. The molecule has 0 spiro atoms. The summed E-state index contributed by atoms with van der Waals surface area (Å²) in [4.78, 5) is 0. The summed E-state index contributed by atoms with van der Waals surface area (Å²) in [6.45, 7) is 2.04. The largest absolute Gasteiger partial charge is 0.486 e. The Hall–Kier alpha value is -1.30. The van der Waals surface area contributed by atoms with Crippen molar-refractivity contribution in [3.8, 4) is 11.5 Å². The molecule has 1 unspecified atom stereocenters. The van der Waals surface area contributed by atoms with E-state index in [4.69, 9.17) is 14.6 Å². The molecule has 0 radical (unpaired) electrons. The van der Waals surface area contributed by atoms with Gasteiger partial charge in [-0.3, -0.25) is 0 Å². The van der Waals surface area contributed by atoms with Crippen molar-refractivity contribution in [3.05, 3.63) is 23.8 Å². The van der Waals surface area contributed by atoms with E-state index in [1.54, 1.807) is 12.1 Å². The van der Waals surface area contributed by atoms with Gasteiger partial charge in [0.1, 0.15) is 13.2 Å². The van der Waals surface area contributed by atoms with Crippen molar-refractivity contribution >= 4 is 0 Å². The van der Waals surface area contributed by atoms with Gasteiger partial charge in [-0.15, -0.1) is 0 Å². The molecule has 0 aliphatic carbocycles. The number of ether oxygens (including phenoxy) is 2. The first-order valence-corrected chi connectivity index (χ1v) is 5.70. The van der Waals surface area contributed by atoms with Gasteiger partial charge in [0.2, 0.25) is 0 Å². The van der Waals surface area contributed by atoms with E-state index in [0.717, 1.165) is 11.3 Å². The number of benzene rings is 1. The third-order valence-corrected chi connectivity index (χ3v) is 2.58. The normalized spacial score (nSPS) is 15.6. The number of aliphatic hydroxyl groups excluding tert-OH is 2. The first kappa shape index (κ1) is 12.2. The van der Waals surface area contributed by atoms with E-state index in [2.05, 4.69) is 5.32 Å². The van der Waals surface area contributed by atoms with Gasteiger partial charge < -0.3 is 25.0 Å². The van der Waals surface area contributed by atoms with Crippen LogP contribution in [0, 0.1) is 0 Å². The fourth-order valence-corrected chi connectivity index (χ4v) is 1.70. The van der Waals surface area contributed by atoms with E-state index in [1.807, 2.05) is 6.07 Å². The van der Waals surface area contributed by atoms with E-state index in [0.29, 0.717) is 32.1 Å². The molecule has 0 saturated heterocycles. The van der Waals surface area contributed by atoms with Crippen LogP contribution in [0.4, 0.5) is 0 Å². The quantitative estimate of drug-likeness (QED) is 0.634. The molecule has 1 aromatic rings. The van der Waals surface area contributed by atoms with Crippen molar-refractivity contribution in [2.24, 2.45) is 0 Å². The molecule has 1 heterocycles. The maximum Gasteiger partial charge on any atom is 0.161 e. The molecule has 1 aromatic carbocycles. The van der Waals surface area contributed by atoms with Crippen molar-refractivity contribution in [2.45, 2.75) is 6.10 Å². The number of nitrogens with one attached hydrogen (secondary N) is 1. The highest BCUT2D eigenvalue weighted by molar-refractivity contribution is 5.44. The Morgan fingerprint density at radius 3 is 2.76 bits per heavy atom. The monoisotopic (exact) mass is 239 g/mol. The minimum Gasteiger partial charge on any atom is -0.486 e. The lowest BCUT2D eigenvalue weighted by Gasteiger charge is -2.20. The highest BCUT2D eigenvalue weighted by atomic mass is 16.6. The fraction of sp³-hybridized carbons (Fsp3) is 0.500. The molecule has 94 valence electrons. The van der Waals surface area contributed by atoms with Crippen LogP contribution in [0.3, 0.4) is 0 Å². The van der Waals surface area contributed by atoms with Crippen LogP contribution in [0.15, 0.2) is 18.2 Å². The van der Waals surface area contributed by atoms with Crippen LogP contribution in [0.1, 0.15) is 11.7 Å². The van der Waals surface area contributed by atoms with Crippen molar-refractivity contribution in [1.82, 2.24) is 5.32 Å². The minimum atomic E-state index is -0.614. The summed E-state index contributed by atoms with van der Waals surface area (Å²) in [6, 6.07) is 5.41. The van der Waals surface area contributed by atoms with Crippen LogP contribution in [0.5, 0.6) is 11.5 Å². The Morgan fingerprint density at radius 1 is 1.24 bits per heavy atom. The zero-order valence-corrected chi connectivity index (χ0v) is 9.56. The van der Waals surface area contributed by atoms with Crippen molar-refractivity contribution < 1.29 is 19.7 Å². The SMILES string of the molecule is OCCNCC(O)c1ccc2c(c1)OCCO2. The zero-order chi connectivity index (χ0) is 12.1. The number of hydrogen-bond donors (Lipinski definition) is 3. The summed E-state index contributed by atoms with van der Waals surface area (Å²) in [7, 11) is 0. The Bertz CT molecular complexity index is 370. The number of rotatable bonds is 5. The van der Waals surface area contributed by atoms with Gasteiger partial charge in [0.05, 0.1) is 12.7 Å². The average Bonchev–Trinajstić information content (AvgIpc) is 2.38. The summed E-state index contributed by atoms with van der Waals surface area (Å²) in [6.07, 6.45) is -0.614. The number of hydrogen-bond acceptors (Lipinski definition) is 5. The molecule has 3 N–H and O–H groups in total. The predicted octanol–water partition coefficient (Wildman–Crippen LogP) is 0.0731. The van der Waals surface area contributed by atoms with Crippen LogP contribution >= 0.6 is 0 Å². The number of aliphatic hydroxyl groups is 2. The molecule has 2 rings (SSSR count). The standard InChI is InChI=1S/C12H17NO4/c14-4-3-13-8-10(15)9-1-2-11-12(7-9)17-6-5-16-11/h1-2,7,10,13-15H,3-6,8H2. The molecule has 5 nitrogen and oxygen atoms in total. The van der Waals surface area contributed by atoms with E-state index >= 15 is 0 Å². The van der Waals surface area contributed by atoms with Gasteiger partial charge in [-0.25, -0.2) is 0 Å². The maximum absolute atomic E-state index is 9.91. The van der Waals surface area contributed by atoms with Gasteiger partial charge in [0.25, 0.3) is 0 Å². The fourth-order valence-electron chi connectivity index (χ4n) is 1.70. The van der Waals surface area contributed by atoms with Gasteiger partial charge in [0, 0.05) is 13.1 Å². The van der Waals surface area contributed by atoms with Gasteiger partial charge in [-0.05, 0) is 17.7 Å². The summed E-state index contributed by atoms with van der Waals surface area (Å²) in [5, 5.41) is 21.5. The first-order valence-electron chi connectivity index (χ1n) is 5.70. The average molecular weight is 239 g/mol. The topological polar surface area (TPSA) is 71.0 Å². The molecule has 1 aliphatic heterocycles. The smallest absolute Gasteiger partial charge is 0.161 e. The molecule has 0 aromatic heterocycles. The Morgan fingerprint density at radius 2 is 2.00 bits per heavy atom. The molecular formula is C12H17NO4. The summed E-state index contributed by atoms with van der Waals surface area (Å²) < 4.78 is 10.8. The molecule has 1 atom stereocenters. The van der Waals surface area contributed by atoms with Crippen molar-refractivity contribution in [1.29, 1.82) is 0 Å². The predicted molar refractivity (Wildman–Crippen MR) is 62.3 cm³/mol. The highest BCUT2D eigenvalue weighted by Crippen LogP contribution is 2.32. The van der Waals surface area contributed by atoms with E-state index in [1.165, 1.54) is 0 Å². The van der Waals surface area contributed by atoms with Gasteiger partial charge in [-0.2, -0.15) is 0 Å². The zero-order valence-electron chi connectivity index (χ0n) is 9.56. The van der Waals surface area contributed by atoms with E-state index in [-0.39, 0.29) is 6.61 Å². The van der Waals surface area contributed by atoms with Crippen molar-refractivity contribution in [3.63, 3.8) is 0 Å². The van der Waals surface area contributed by atoms with Crippen LogP contribution < -0.4 is 14.8 Å². The molecule has 0 amide bonds. The van der Waals surface area contributed by atoms with E-state index < -0.39 is 6.10 Å². The first-order chi connectivity index (χ1) is 8.31. The molecular weight excluding hydrogens is 222 g/mol. The number of fused-ring (bicyclic) bond motifs is 1. The molecule has 5 heteroatoms. The van der Waals surface area contributed by atoms with Crippen LogP contribution in [-0.2, 0) is 0 Å². The lowest BCUT2D eigenvalue weighted by atomic mass is 10.1. The molecule has 0 fully saturated rings. The highest BCUT2D eigenvalue weighted by Gasteiger charge is 2.14. The molecule has 0 bridgehead atoms. The summed E-state index contributed by atoms with van der Waals surface area (Å²) in [5.74, 6) is 1.39. The Labute approximate surface area is 100.0 Å². The second kappa shape index (κ2) is 5.86. The Balaban J connectivity index is 2.00. The lowest BCUT2D eigenvalue weighted by molar-refractivity contribution is 0.161. The third-order valence-electron chi connectivity index (χ3n) is 2.58. The van der Waals surface area contributed by atoms with Crippen LogP contribution in [0.2, 0.25) is 0 Å². The van der Waals surface area contributed by atoms with Gasteiger partial charge in [-0.1, -0.05) is 6.07 Å². The molecule has 0 saturated carbocycles. The van der Waals surface area contributed by atoms with E-state index in [9.17, 15) is 5.11 Å². The molecule has 1 aliphatic rings. The maximum atomic E-state index is 9.91. The van der Waals surface area contributed by atoms with Crippen molar-refractivity contribution in [2.75, 3.05) is 32.9 Å². The second-order valence-electron chi connectivity index (χ2n) is 3.85. The third kappa shape index (κ3) is 3.09. The van der Waals surface area contributed by atoms with Crippen LogP contribution in [0.25, 0.3) is 0 Å². The second-order valence-corrected chi connectivity index (χ2v) is 3.85. The minimum absolute atomic E-state index is 0.0634.